The number of ether oxygens (including phenoxy) is 1. The summed E-state index contributed by atoms with van der Waals surface area (Å²) in [5, 5.41) is 32.8. The number of rotatable bonds is 10. The van der Waals surface area contributed by atoms with E-state index >= 15 is 0 Å². The highest BCUT2D eigenvalue weighted by Crippen LogP contribution is 2.32. The number of aromatic carboxylic acids is 3. The van der Waals surface area contributed by atoms with Crippen LogP contribution >= 0.6 is 0 Å². The largest absolute Gasteiger partial charge is 0.478 e. The lowest BCUT2D eigenvalue weighted by Crippen LogP contribution is -2.17. The number of nitrogens with one attached hydrogen (secondary N) is 2. The average Bonchev–Trinajstić information content (AvgIpc) is 2.84. The van der Waals surface area contributed by atoms with Crippen LogP contribution in [0.3, 0.4) is 0 Å². The van der Waals surface area contributed by atoms with Gasteiger partial charge in [0.1, 0.15) is 5.75 Å². The maximum absolute atomic E-state index is 12.6. The summed E-state index contributed by atoms with van der Waals surface area (Å²) in [4.78, 5) is 70.5. The number of ketones is 1. The Bertz CT molecular complexity index is 1430. The number of amides is 2. The molecular weight excluding hydrogens is 500 g/mol. The van der Waals surface area contributed by atoms with Crippen LogP contribution in [-0.4, -0.2) is 50.8 Å². The Balaban J connectivity index is 1.85. The van der Waals surface area contributed by atoms with Gasteiger partial charge in [-0.15, -0.1) is 0 Å². The lowest BCUT2D eigenvalue weighted by atomic mass is 10.1. The van der Waals surface area contributed by atoms with Crippen molar-refractivity contribution in [3.63, 3.8) is 0 Å². The molecule has 38 heavy (non-hydrogen) atoms. The molecule has 3 aromatic carbocycles. The third-order valence-corrected chi connectivity index (χ3v) is 4.98. The van der Waals surface area contributed by atoms with Crippen molar-refractivity contribution in [1.29, 1.82) is 0 Å². The van der Waals surface area contributed by atoms with Crippen molar-refractivity contribution in [3.05, 3.63) is 82.9 Å². The second-order valence-corrected chi connectivity index (χ2v) is 7.88. The van der Waals surface area contributed by atoms with E-state index in [0.29, 0.717) is 5.69 Å². The SMILES string of the molecule is CC(=O)Nc1ccc(C(=O)CC(=O)Nc2cc(C(=O)O)ccc2Oc2cc(C(=O)O)cc(C(=O)O)c2)cc1. The van der Waals surface area contributed by atoms with Crippen LogP contribution in [0.2, 0.25) is 0 Å². The fraction of sp³-hybridized carbons (Fsp3) is 0.0769. The number of carboxylic acids is 3. The molecule has 0 bridgehead atoms. The van der Waals surface area contributed by atoms with Gasteiger partial charge in [0.05, 0.1) is 28.8 Å². The van der Waals surface area contributed by atoms with Crippen molar-refractivity contribution in [2.24, 2.45) is 0 Å². The highest BCUT2D eigenvalue weighted by molar-refractivity contribution is 6.11. The molecule has 0 heterocycles. The van der Waals surface area contributed by atoms with Gasteiger partial charge in [-0.05, 0) is 60.7 Å². The fourth-order valence-electron chi connectivity index (χ4n) is 3.27. The fourth-order valence-corrected chi connectivity index (χ4v) is 3.27. The Morgan fingerprint density at radius 1 is 0.684 bits per heavy atom. The molecular formula is C26H20N2O10. The maximum atomic E-state index is 12.6. The first-order chi connectivity index (χ1) is 17.9. The van der Waals surface area contributed by atoms with Crippen molar-refractivity contribution >= 4 is 46.9 Å². The highest BCUT2D eigenvalue weighted by Gasteiger charge is 2.18. The quantitative estimate of drug-likeness (QED) is 0.194. The third-order valence-electron chi connectivity index (χ3n) is 4.98. The smallest absolute Gasteiger partial charge is 0.335 e. The molecule has 0 radical (unpaired) electrons. The van der Waals surface area contributed by atoms with Gasteiger partial charge in [0.25, 0.3) is 0 Å². The minimum absolute atomic E-state index is 0.130. The predicted molar refractivity (Wildman–Crippen MR) is 132 cm³/mol. The van der Waals surface area contributed by atoms with Gasteiger partial charge in [-0.2, -0.15) is 0 Å². The van der Waals surface area contributed by atoms with Crippen LogP contribution in [0.1, 0.15) is 54.8 Å². The molecule has 0 unspecified atom stereocenters. The Morgan fingerprint density at radius 3 is 1.76 bits per heavy atom. The van der Waals surface area contributed by atoms with Crippen molar-refractivity contribution < 1.29 is 48.8 Å². The van der Waals surface area contributed by atoms with Gasteiger partial charge in [-0.1, -0.05) is 0 Å². The van der Waals surface area contributed by atoms with Crippen LogP contribution in [0.15, 0.2) is 60.7 Å². The summed E-state index contributed by atoms with van der Waals surface area (Å²) < 4.78 is 5.61. The van der Waals surface area contributed by atoms with Gasteiger partial charge in [-0.3, -0.25) is 14.4 Å². The van der Waals surface area contributed by atoms with E-state index in [-0.39, 0.29) is 45.3 Å². The molecule has 0 aromatic heterocycles. The monoisotopic (exact) mass is 520 g/mol. The molecule has 0 fully saturated rings. The average molecular weight is 520 g/mol. The van der Waals surface area contributed by atoms with E-state index in [1.807, 2.05) is 0 Å². The lowest BCUT2D eigenvalue weighted by molar-refractivity contribution is -0.115. The van der Waals surface area contributed by atoms with Gasteiger partial charge in [0, 0.05) is 18.2 Å². The van der Waals surface area contributed by atoms with Crippen LogP contribution in [0.5, 0.6) is 11.5 Å². The van der Waals surface area contributed by atoms with Gasteiger partial charge in [0.15, 0.2) is 11.5 Å². The van der Waals surface area contributed by atoms with E-state index in [1.165, 1.54) is 37.3 Å². The van der Waals surface area contributed by atoms with Crippen molar-refractivity contribution in [2.45, 2.75) is 13.3 Å². The summed E-state index contributed by atoms with van der Waals surface area (Å²) in [6, 6.07) is 12.3. The number of carbonyl (C=O) groups excluding carboxylic acids is 3. The van der Waals surface area contributed by atoms with E-state index in [9.17, 15) is 44.1 Å². The van der Waals surface area contributed by atoms with E-state index in [4.69, 9.17) is 4.74 Å². The third kappa shape index (κ3) is 7.01. The Kier molecular flexibility index (Phi) is 8.18. The number of hydrogen-bond acceptors (Lipinski definition) is 7. The first-order valence-electron chi connectivity index (χ1n) is 10.8. The highest BCUT2D eigenvalue weighted by atomic mass is 16.5. The standard InChI is InChI=1S/C26H20N2O10/c1-13(29)27-18-5-2-14(3-6-18)21(30)12-23(31)28-20-11-15(24(32)33)4-7-22(20)38-19-9-16(25(34)35)8-17(10-19)26(36)37/h2-11H,12H2,1H3,(H,27,29)(H,28,31)(H,32,33)(H,34,35)(H,36,37). The van der Waals surface area contributed by atoms with Crippen LogP contribution in [0.25, 0.3) is 0 Å². The lowest BCUT2D eigenvalue weighted by Gasteiger charge is -2.14. The number of carbonyl (C=O) groups is 6. The van der Waals surface area contributed by atoms with Gasteiger partial charge < -0.3 is 30.7 Å². The summed E-state index contributed by atoms with van der Waals surface area (Å²) in [6.07, 6.45) is -0.617. The molecule has 3 rings (SSSR count). The maximum Gasteiger partial charge on any atom is 0.335 e. The number of benzene rings is 3. The molecule has 0 atom stereocenters. The van der Waals surface area contributed by atoms with E-state index in [2.05, 4.69) is 10.6 Å². The molecule has 194 valence electrons. The summed E-state index contributed by atoms with van der Waals surface area (Å²) >= 11 is 0. The van der Waals surface area contributed by atoms with Crippen molar-refractivity contribution in [2.75, 3.05) is 10.6 Å². The van der Waals surface area contributed by atoms with Crippen LogP contribution in [0, 0.1) is 0 Å². The Hall–Kier alpha value is -5.52. The predicted octanol–water partition coefficient (Wildman–Crippen LogP) is 3.74. The van der Waals surface area contributed by atoms with Gasteiger partial charge in [0.2, 0.25) is 11.8 Å². The van der Waals surface area contributed by atoms with Crippen LogP contribution in [0.4, 0.5) is 11.4 Å². The molecule has 0 aliphatic heterocycles. The molecule has 0 saturated heterocycles. The molecule has 2 amide bonds. The number of anilines is 2. The van der Waals surface area contributed by atoms with E-state index in [0.717, 1.165) is 30.3 Å². The molecule has 5 N–H and O–H groups in total. The van der Waals surface area contributed by atoms with Crippen LogP contribution in [-0.2, 0) is 9.59 Å². The number of Topliss-reactive ketones (excluding diaryl/α,β-unsaturated/α-hetero) is 1. The van der Waals surface area contributed by atoms with Crippen molar-refractivity contribution in [1.82, 2.24) is 0 Å². The van der Waals surface area contributed by atoms with Crippen LogP contribution < -0.4 is 15.4 Å². The Morgan fingerprint density at radius 2 is 1.24 bits per heavy atom. The first-order valence-corrected chi connectivity index (χ1v) is 10.8. The summed E-state index contributed by atoms with van der Waals surface area (Å²) in [5.74, 6) is -6.12. The molecule has 12 nitrogen and oxygen atoms in total. The molecule has 3 aromatic rings. The van der Waals surface area contributed by atoms with E-state index in [1.54, 1.807) is 0 Å². The molecule has 0 aliphatic carbocycles. The zero-order chi connectivity index (χ0) is 28.0. The molecule has 0 aliphatic rings. The second-order valence-electron chi connectivity index (χ2n) is 7.88. The first kappa shape index (κ1) is 27.1. The van der Waals surface area contributed by atoms with Crippen molar-refractivity contribution in [3.8, 4) is 11.5 Å². The van der Waals surface area contributed by atoms with E-state index < -0.39 is 36.0 Å². The van der Waals surface area contributed by atoms with Gasteiger partial charge >= 0.3 is 17.9 Å². The Labute approximate surface area is 214 Å². The minimum Gasteiger partial charge on any atom is -0.478 e. The zero-order valence-electron chi connectivity index (χ0n) is 19.7. The zero-order valence-corrected chi connectivity index (χ0v) is 19.7. The topological polar surface area (TPSA) is 196 Å². The normalized spacial score (nSPS) is 10.2. The summed E-state index contributed by atoms with van der Waals surface area (Å²) in [6.45, 7) is 1.33. The summed E-state index contributed by atoms with van der Waals surface area (Å²) in [5.41, 5.74) is -0.467. The number of carboxylic acid groups (broad SMARTS) is 3. The molecule has 12 heteroatoms. The number of hydrogen-bond donors (Lipinski definition) is 5. The second kappa shape index (κ2) is 11.5. The minimum atomic E-state index is -1.41. The molecule has 0 spiro atoms. The summed E-state index contributed by atoms with van der Waals surface area (Å²) in [7, 11) is 0. The van der Waals surface area contributed by atoms with Gasteiger partial charge in [-0.25, -0.2) is 14.4 Å². The molecule has 0 saturated carbocycles.